The van der Waals surface area contributed by atoms with Gasteiger partial charge in [0, 0.05) is 6.08 Å². The Morgan fingerprint density at radius 3 is 2.50 bits per heavy atom. The van der Waals surface area contributed by atoms with Crippen LogP contribution in [0.4, 0.5) is 0 Å². The molecule has 0 spiro atoms. The van der Waals surface area contributed by atoms with Crippen LogP contribution < -0.4 is 0 Å². The Labute approximate surface area is 95.2 Å². The highest BCUT2D eigenvalue weighted by atomic mass is 16.4. The summed E-state index contributed by atoms with van der Waals surface area (Å²) in [6.45, 7) is 3.65. The van der Waals surface area contributed by atoms with E-state index in [0.29, 0.717) is 6.42 Å². The maximum atomic E-state index is 10.4. The van der Waals surface area contributed by atoms with Gasteiger partial charge < -0.3 is 5.11 Å². The van der Waals surface area contributed by atoms with Gasteiger partial charge in [0.2, 0.25) is 0 Å². The topological polar surface area (TPSA) is 37.3 Å². The van der Waals surface area contributed by atoms with Crippen LogP contribution in [0.2, 0.25) is 0 Å². The number of carboxylic acids is 1. The van der Waals surface area contributed by atoms with Crippen molar-refractivity contribution in [2.75, 3.05) is 0 Å². The van der Waals surface area contributed by atoms with E-state index in [4.69, 9.17) is 5.11 Å². The maximum absolute atomic E-state index is 10.4. The van der Waals surface area contributed by atoms with Crippen LogP contribution in [0.25, 0.3) is 6.08 Å². The number of hydrogen-bond donors (Lipinski definition) is 1. The third kappa shape index (κ3) is 4.42. The molecule has 0 atom stereocenters. The summed E-state index contributed by atoms with van der Waals surface area (Å²) in [7, 11) is 0. The molecule has 0 fully saturated rings. The molecule has 0 unspecified atom stereocenters. The minimum atomic E-state index is -0.942. The Bertz CT molecular complexity index is 414. The van der Waals surface area contributed by atoms with Crippen LogP contribution in [0, 0.1) is 0 Å². The SMILES string of the molecule is C=CCC(C=CC(=O)O)=Cc1ccccc1. The van der Waals surface area contributed by atoms with Gasteiger partial charge in [-0.05, 0) is 17.6 Å². The number of hydrogen-bond acceptors (Lipinski definition) is 1. The molecule has 1 aromatic rings. The van der Waals surface area contributed by atoms with Crippen LogP contribution in [0.3, 0.4) is 0 Å². The van der Waals surface area contributed by atoms with Crippen molar-refractivity contribution in [3.8, 4) is 0 Å². The third-order valence-corrected chi connectivity index (χ3v) is 1.97. The van der Waals surface area contributed by atoms with Crippen LogP contribution in [0.1, 0.15) is 12.0 Å². The van der Waals surface area contributed by atoms with Crippen LogP contribution in [0.5, 0.6) is 0 Å². The van der Waals surface area contributed by atoms with Crippen molar-refractivity contribution in [2.45, 2.75) is 6.42 Å². The van der Waals surface area contributed by atoms with E-state index in [-0.39, 0.29) is 0 Å². The first-order valence-electron chi connectivity index (χ1n) is 5.00. The van der Waals surface area contributed by atoms with Gasteiger partial charge in [-0.15, -0.1) is 6.58 Å². The summed E-state index contributed by atoms with van der Waals surface area (Å²) in [6, 6.07) is 9.77. The van der Waals surface area contributed by atoms with Gasteiger partial charge in [-0.2, -0.15) is 0 Å². The maximum Gasteiger partial charge on any atom is 0.328 e. The molecule has 0 bridgehead atoms. The van der Waals surface area contributed by atoms with Gasteiger partial charge >= 0.3 is 5.97 Å². The zero-order chi connectivity index (χ0) is 11.8. The van der Waals surface area contributed by atoms with E-state index >= 15 is 0 Å². The molecule has 0 aliphatic heterocycles. The molecular formula is C14H14O2. The van der Waals surface area contributed by atoms with Crippen molar-refractivity contribution in [1.82, 2.24) is 0 Å². The highest BCUT2D eigenvalue weighted by Gasteiger charge is 1.93. The van der Waals surface area contributed by atoms with E-state index in [9.17, 15) is 4.79 Å². The van der Waals surface area contributed by atoms with Gasteiger partial charge in [0.15, 0.2) is 0 Å². The minimum absolute atomic E-state index is 0.651. The van der Waals surface area contributed by atoms with Crippen molar-refractivity contribution in [1.29, 1.82) is 0 Å². The van der Waals surface area contributed by atoms with Crippen molar-refractivity contribution < 1.29 is 9.90 Å². The summed E-state index contributed by atoms with van der Waals surface area (Å²) in [5.41, 5.74) is 1.97. The van der Waals surface area contributed by atoms with E-state index in [1.165, 1.54) is 0 Å². The largest absolute Gasteiger partial charge is 0.478 e. The molecule has 0 saturated heterocycles. The Hall–Kier alpha value is -2.09. The Balaban J connectivity index is 2.89. The van der Waals surface area contributed by atoms with Crippen molar-refractivity contribution >= 4 is 12.0 Å². The zero-order valence-electron chi connectivity index (χ0n) is 8.97. The second-order valence-corrected chi connectivity index (χ2v) is 3.29. The van der Waals surface area contributed by atoms with Crippen molar-refractivity contribution in [3.05, 3.63) is 66.3 Å². The van der Waals surface area contributed by atoms with E-state index in [2.05, 4.69) is 6.58 Å². The first-order chi connectivity index (χ1) is 7.72. The Morgan fingerprint density at radius 2 is 1.94 bits per heavy atom. The molecule has 1 rings (SSSR count). The fourth-order valence-electron chi connectivity index (χ4n) is 1.28. The number of carbonyl (C=O) groups is 1. The number of rotatable bonds is 5. The second kappa shape index (κ2) is 6.40. The molecule has 0 aromatic heterocycles. The molecule has 1 aromatic carbocycles. The summed E-state index contributed by atoms with van der Waals surface area (Å²) in [5.74, 6) is -0.942. The molecule has 0 heterocycles. The van der Waals surface area contributed by atoms with Gasteiger partial charge in [0.1, 0.15) is 0 Å². The summed E-state index contributed by atoms with van der Waals surface area (Å²) in [6.07, 6.45) is 7.08. The molecule has 2 nitrogen and oxygen atoms in total. The highest BCUT2D eigenvalue weighted by Crippen LogP contribution is 2.11. The summed E-state index contributed by atoms with van der Waals surface area (Å²) >= 11 is 0. The Morgan fingerprint density at radius 1 is 1.25 bits per heavy atom. The predicted molar refractivity (Wildman–Crippen MR) is 66.0 cm³/mol. The first kappa shape index (κ1) is 12.0. The van der Waals surface area contributed by atoms with Gasteiger partial charge in [-0.3, -0.25) is 0 Å². The van der Waals surface area contributed by atoms with Gasteiger partial charge in [-0.1, -0.05) is 48.6 Å². The number of benzene rings is 1. The quantitative estimate of drug-likeness (QED) is 0.464. The van der Waals surface area contributed by atoms with Crippen molar-refractivity contribution in [2.24, 2.45) is 0 Å². The monoisotopic (exact) mass is 214 g/mol. The van der Waals surface area contributed by atoms with Gasteiger partial charge in [-0.25, -0.2) is 4.79 Å². The summed E-state index contributed by atoms with van der Waals surface area (Å²) in [4.78, 5) is 10.4. The standard InChI is InChI=1S/C14H14O2/c1-2-6-12(9-10-14(15)16)11-13-7-4-3-5-8-13/h2-5,7-11H,1,6H2,(H,15,16). The molecule has 2 heteroatoms. The summed E-state index contributed by atoms with van der Waals surface area (Å²) in [5, 5.41) is 8.56. The van der Waals surface area contributed by atoms with Crippen molar-refractivity contribution in [3.63, 3.8) is 0 Å². The lowest BCUT2D eigenvalue weighted by molar-refractivity contribution is -0.131. The lowest BCUT2D eigenvalue weighted by atomic mass is 10.1. The lowest BCUT2D eigenvalue weighted by Crippen LogP contribution is -1.87. The highest BCUT2D eigenvalue weighted by molar-refractivity contribution is 5.80. The second-order valence-electron chi connectivity index (χ2n) is 3.29. The van der Waals surface area contributed by atoms with Crippen LogP contribution in [0.15, 0.2) is 60.7 Å². The minimum Gasteiger partial charge on any atom is -0.478 e. The fraction of sp³-hybridized carbons (Fsp3) is 0.0714. The average molecular weight is 214 g/mol. The van der Waals surface area contributed by atoms with Gasteiger partial charge in [0.05, 0.1) is 0 Å². The molecule has 0 aliphatic carbocycles. The molecule has 0 radical (unpaired) electrons. The molecule has 0 aliphatic rings. The molecule has 0 amide bonds. The zero-order valence-corrected chi connectivity index (χ0v) is 8.97. The number of allylic oxidation sites excluding steroid dienone is 3. The fourth-order valence-corrected chi connectivity index (χ4v) is 1.28. The van der Waals surface area contributed by atoms with E-state index in [1.807, 2.05) is 36.4 Å². The van der Waals surface area contributed by atoms with Crippen LogP contribution >= 0.6 is 0 Å². The smallest absolute Gasteiger partial charge is 0.328 e. The van der Waals surface area contributed by atoms with Crippen LogP contribution in [-0.4, -0.2) is 11.1 Å². The lowest BCUT2D eigenvalue weighted by Gasteiger charge is -1.98. The normalized spacial score (nSPS) is 11.6. The van der Waals surface area contributed by atoms with Crippen LogP contribution in [-0.2, 0) is 4.79 Å². The van der Waals surface area contributed by atoms with Gasteiger partial charge in [0.25, 0.3) is 0 Å². The molecular weight excluding hydrogens is 200 g/mol. The van der Waals surface area contributed by atoms with E-state index < -0.39 is 5.97 Å². The number of carboxylic acid groups (broad SMARTS) is 1. The summed E-state index contributed by atoms with van der Waals surface area (Å²) < 4.78 is 0. The third-order valence-electron chi connectivity index (χ3n) is 1.97. The van der Waals surface area contributed by atoms with E-state index in [1.54, 1.807) is 12.2 Å². The molecule has 1 N–H and O–H groups in total. The average Bonchev–Trinajstić information content (AvgIpc) is 2.27. The van der Waals surface area contributed by atoms with E-state index in [0.717, 1.165) is 17.2 Å². The molecule has 82 valence electrons. The first-order valence-corrected chi connectivity index (χ1v) is 5.00. The number of aliphatic carboxylic acids is 1. The predicted octanol–water partition coefficient (Wildman–Crippen LogP) is 3.29. The molecule has 16 heavy (non-hydrogen) atoms. The Kier molecular flexibility index (Phi) is 4.80. The molecule has 0 saturated carbocycles.